The minimum absolute atomic E-state index is 0. The van der Waals surface area contributed by atoms with Gasteiger partial charge in [-0.05, 0) is 13.3 Å². The number of nitrogens with two attached hydrogens (primary N) is 1. The highest BCUT2D eigenvalue weighted by atomic mass is 35.5. The van der Waals surface area contributed by atoms with Crippen molar-refractivity contribution in [2.75, 3.05) is 26.2 Å². The molecular weight excluding hydrogens is 354 g/mol. The van der Waals surface area contributed by atoms with E-state index in [1.165, 1.54) is 10.5 Å². The van der Waals surface area contributed by atoms with Crippen LogP contribution in [-0.4, -0.2) is 65.3 Å². The number of piperazine rings is 1. The van der Waals surface area contributed by atoms with Gasteiger partial charge in [0.15, 0.2) is 5.03 Å². The van der Waals surface area contributed by atoms with Crippen molar-refractivity contribution in [2.24, 2.45) is 12.8 Å². The Morgan fingerprint density at radius 1 is 1.33 bits per heavy atom. The fraction of sp³-hybridized carbons (Fsp3) is 0.714. The van der Waals surface area contributed by atoms with E-state index in [0.717, 1.165) is 6.42 Å². The van der Waals surface area contributed by atoms with Crippen molar-refractivity contribution in [2.45, 2.75) is 37.8 Å². The van der Waals surface area contributed by atoms with Crippen molar-refractivity contribution in [3.63, 3.8) is 0 Å². The second-order valence-electron chi connectivity index (χ2n) is 5.86. The van der Waals surface area contributed by atoms with Gasteiger partial charge in [-0.15, -0.1) is 12.4 Å². The molecule has 138 valence electrons. The molecule has 1 unspecified atom stereocenters. The van der Waals surface area contributed by atoms with E-state index >= 15 is 0 Å². The van der Waals surface area contributed by atoms with Gasteiger partial charge in [0.1, 0.15) is 5.82 Å². The summed E-state index contributed by atoms with van der Waals surface area (Å²) in [5, 5.41) is 0.0555. The zero-order valence-electron chi connectivity index (χ0n) is 14.3. The third-order valence-corrected chi connectivity index (χ3v) is 5.93. The average Bonchev–Trinajstić information content (AvgIpc) is 2.87. The molecule has 0 aromatic carbocycles. The van der Waals surface area contributed by atoms with Crippen LogP contribution in [0.4, 0.5) is 0 Å². The summed E-state index contributed by atoms with van der Waals surface area (Å²) in [7, 11) is -1.85. The lowest BCUT2D eigenvalue weighted by Crippen LogP contribution is -2.54. The maximum atomic E-state index is 12.6. The fourth-order valence-electron chi connectivity index (χ4n) is 2.60. The summed E-state index contributed by atoms with van der Waals surface area (Å²) in [6, 6.07) is -0.499. The standard InChI is InChI=1S/C14H25N5O3S.ClH/c1-4-5-12(15)14(20)18-6-8-19(9-7-18)23(21,22)13-10-17(3)11(2)16-13;/h10,12H,4-9,15H2,1-3H3;1H. The van der Waals surface area contributed by atoms with Crippen LogP contribution < -0.4 is 5.73 Å². The van der Waals surface area contributed by atoms with Crippen LogP contribution in [0, 0.1) is 6.92 Å². The van der Waals surface area contributed by atoms with E-state index in [9.17, 15) is 13.2 Å². The first-order chi connectivity index (χ1) is 10.8. The van der Waals surface area contributed by atoms with Gasteiger partial charge in [0, 0.05) is 39.4 Å². The number of amides is 1. The Morgan fingerprint density at radius 2 is 1.92 bits per heavy atom. The predicted octanol–water partition coefficient (Wildman–Crippen LogP) is 0.111. The van der Waals surface area contributed by atoms with Gasteiger partial charge in [-0.2, -0.15) is 4.31 Å². The molecular formula is C14H26ClN5O3S. The van der Waals surface area contributed by atoms with Crippen LogP contribution in [0.1, 0.15) is 25.6 Å². The summed E-state index contributed by atoms with van der Waals surface area (Å²) in [5.74, 6) is 0.542. The van der Waals surface area contributed by atoms with Crippen LogP contribution in [-0.2, 0) is 21.9 Å². The Bertz CT molecular complexity index is 648. The molecule has 1 aliphatic rings. The van der Waals surface area contributed by atoms with E-state index in [1.54, 1.807) is 23.4 Å². The summed E-state index contributed by atoms with van der Waals surface area (Å²) in [6.45, 7) is 4.99. The maximum Gasteiger partial charge on any atom is 0.262 e. The molecule has 1 saturated heterocycles. The predicted molar refractivity (Wildman–Crippen MR) is 93.4 cm³/mol. The van der Waals surface area contributed by atoms with Gasteiger partial charge in [0.25, 0.3) is 10.0 Å². The number of carbonyl (C=O) groups excluding carboxylic acids is 1. The lowest BCUT2D eigenvalue weighted by molar-refractivity contribution is -0.133. The Kier molecular flexibility index (Phi) is 7.21. The summed E-state index contributed by atoms with van der Waals surface area (Å²) < 4.78 is 28.2. The van der Waals surface area contributed by atoms with Crippen LogP contribution in [0.2, 0.25) is 0 Å². The van der Waals surface area contributed by atoms with E-state index in [4.69, 9.17) is 5.73 Å². The molecule has 1 aliphatic heterocycles. The monoisotopic (exact) mass is 379 g/mol. The van der Waals surface area contributed by atoms with Crippen LogP contribution in [0.15, 0.2) is 11.2 Å². The summed E-state index contributed by atoms with van der Waals surface area (Å²) in [4.78, 5) is 17.9. The molecule has 1 fully saturated rings. The van der Waals surface area contributed by atoms with Crippen molar-refractivity contribution in [3.05, 3.63) is 12.0 Å². The van der Waals surface area contributed by atoms with E-state index in [1.807, 2.05) is 6.92 Å². The first-order valence-electron chi connectivity index (χ1n) is 7.81. The minimum Gasteiger partial charge on any atom is -0.339 e. The van der Waals surface area contributed by atoms with Crippen LogP contribution in [0.3, 0.4) is 0 Å². The van der Waals surface area contributed by atoms with Crippen LogP contribution in [0.5, 0.6) is 0 Å². The number of halogens is 1. The van der Waals surface area contributed by atoms with Crippen LogP contribution in [0.25, 0.3) is 0 Å². The average molecular weight is 380 g/mol. The first-order valence-corrected chi connectivity index (χ1v) is 9.26. The topological polar surface area (TPSA) is 102 Å². The molecule has 1 aromatic heterocycles. The number of hydrogen-bond acceptors (Lipinski definition) is 5. The summed E-state index contributed by atoms with van der Waals surface area (Å²) >= 11 is 0. The molecule has 0 radical (unpaired) electrons. The highest BCUT2D eigenvalue weighted by molar-refractivity contribution is 7.89. The SMILES string of the molecule is CCCC(N)C(=O)N1CCN(S(=O)(=O)c2cn(C)c(C)n2)CC1.Cl. The van der Waals surface area contributed by atoms with Crippen molar-refractivity contribution in [1.29, 1.82) is 0 Å². The highest BCUT2D eigenvalue weighted by Gasteiger charge is 2.32. The van der Waals surface area contributed by atoms with Gasteiger partial charge in [0.05, 0.1) is 6.04 Å². The molecule has 10 heteroatoms. The Labute approximate surface area is 149 Å². The number of nitrogens with zero attached hydrogens (tertiary/aromatic N) is 4. The van der Waals surface area contributed by atoms with Gasteiger partial charge in [-0.25, -0.2) is 13.4 Å². The Hall–Kier alpha value is -1.16. The second kappa shape index (κ2) is 8.28. The smallest absolute Gasteiger partial charge is 0.262 e. The zero-order valence-corrected chi connectivity index (χ0v) is 15.9. The van der Waals surface area contributed by atoms with Gasteiger partial charge in [-0.1, -0.05) is 13.3 Å². The molecule has 0 aliphatic carbocycles. The Morgan fingerprint density at radius 3 is 2.38 bits per heavy atom. The van der Waals surface area contributed by atoms with Crippen molar-refractivity contribution >= 4 is 28.3 Å². The number of aromatic nitrogens is 2. The van der Waals surface area contributed by atoms with Crippen molar-refractivity contribution in [3.8, 4) is 0 Å². The van der Waals surface area contributed by atoms with Gasteiger partial charge in [0.2, 0.25) is 5.91 Å². The van der Waals surface area contributed by atoms with Crippen LogP contribution >= 0.6 is 12.4 Å². The Balaban J connectivity index is 0.00000288. The van der Waals surface area contributed by atoms with Gasteiger partial charge in [-0.3, -0.25) is 4.79 Å². The molecule has 1 aromatic rings. The van der Waals surface area contributed by atoms with Gasteiger partial charge < -0.3 is 15.2 Å². The number of hydrogen-bond donors (Lipinski definition) is 1. The first kappa shape index (κ1) is 20.9. The third kappa shape index (κ3) is 4.27. The molecule has 2 rings (SSSR count). The normalized spacial score (nSPS) is 17.4. The molecule has 1 atom stereocenters. The molecule has 0 spiro atoms. The number of aryl methyl sites for hydroxylation is 2. The van der Waals surface area contributed by atoms with Crippen molar-refractivity contribution < 1.29 is 13.2 Å². The molecule has 0 bridgehead atoms. The van der Waals surface area contributed by atoms with Crippen molar-refractivity contribution in [1.82, 2.24) is 18.8 Å². The van der Waals surface area contributed by atoms with E-state index < -0.39 is 16.1 Å². The molecule has 1 amide bonds. The lowest BCUT2D eigenvalue weighted by atomic mass is 10.1. The van der Waals surface area contributed by atoms with E-state index in [2.05, 4.69) is 4.98 Å². The number of carbonyl (C=O) groups is 1. The van der Waals surface area contributed by atoms with Gasteiger partial charge >= 0.3 is 0 Å². The zero-order chi connectivity index (χ0) is 17.2. The second-order valence-corrected chi connectivity index (χ2v) is 7.75. The largest absolute Gasteiger partial charge is 0.339 e. The number of rotatable bonds is 5. The summed E-state index contributed by atoms with van der Waals surface area (Å²) in [5.41, 5.74) is 5.85. The molecule has 2 N–H and O–H groups in total. The summed E-state index contributed by atoms with van der Waals surface area (Å²) in [6.07, 6.45) is 3.00. The van der Waals surface area contributed by atoms with E-state index in [-0.39, 0.29) is 36.4 Å². The molecule has 24 heavy (non-hydrogen) atoms. The lowest BCUT2D eigenvalue weighted by Gasteiger charge is -2.34. The van der Waals surface area contributed by atoms with E-state index in [0.29, 0.717) is 25.3 Å². The number of sulfonamides is 1. The molecule has 0 saturated carbocycles. The molecule has 2 heterocycles. The fourth-order valence-corrected chi connectivity index (χ4v) is 4.05. The number of imidazole rings is 1. The molecule has 8 nitrogen and oxygen atoms in total. The third-order valence-electron chi connectivity index (χ3n) is 4.16. The minimum atomic E-state index is -3.61. The quantitative estimate of drug-likeness (QED) is 0.782. The highest BCUT2D eigenvalue weighted by Crippen LogP contribution is 2.17. The maximum absolute atomic E-state index is 12.6.